The summed E-state index contributed by atoms with van der Waals surface area (Å²) in [5, 5.41) is 0.747. The molecule has 88 valence electrons. The molecule has 1 aromatic heterocycles. The van der Waals surface area contributed by atoms with Crippen molar-refractivity contribution in [3.63, 3.8) is 0 Å². The van der Waals surface area contributed by atoms with Gasteiger partial charge in [0.2, 0.25) is 0 Å². The van der Waals surface area contributed by atoms with Gasteiger partial charge in [0.1, 0.15) is 0 Å². The largest absolute Gasteiger partial charge is 0.444 e. The summed E-state index contributed by atoms with van der Waals surface area (Å²) in [4.78, 5) is 3.91. The molecule has 0 N–H and O–H groups in total. The predicted molar refractivity (Wildman–Crippen MR) is 72.4 cm³/mol. The summed E-state index contributed by atoms with van der Waals surface area (Å²) in [5.74, 6) is 0.776. The highest BCUT2D eigenvalue weighted by atomic mass is 35.5. The molecular formula is C15H10ClNO. The molecule has 0 fully saturated rings. The zero-order valence-electron chi connectivity index (χ0n) is 9.51. The Morgan fingerprint density at radius 1 is 0.778 bits per heavy atom. The summed E-state index contributed by atoms with van der Waals surface area (Å²) in [5.41, 5.74) is 3.31. The van der Waals surface area contributed by atoms with E-state index in [1.54, 1.807) is 6.20 Å². The minimum absolute atomic E-state index is 0.747. The van der Waals surface area contributed by atoms with Gasteiger partial charge in [-0.05, 0) is 23.3 Å². The SMILES string of the molecule is Clc1ccc(-c2ccc(-c3cnco3)cc2)cc1. The molecule has 0 unspecified atom stereocenters. The maximum Gasteiger partial charge on any atom is 0.181 e. The van der Waals surface area contributed by atoms with Crippen molar-refractivity contribution in [2.75, 3.05) is 0 Å². The molecule has 3 heteroatoms. The van der Waals surface area contributed by atoms with Crippen molar-refractivity contribution in [1.29, 1.82) is 0 Å². The van der Waals surface area contributed by atoms with Crippen LogP contribution in [0.1, 0.15) is 0 Å². The fourth-order valence-electron chi connectivity index (χ4n) is 1.83. The van der Waals surface area contributed by atoms with E-state index in [0.29, 0.717) is 0 Å². The third kappa shape index (κ3) is 2.15. The summed E-state index contributed by atoms with van der Waals surface area (Å²) in [7, 11) is 0. The molecule has 3 rings (SSSR count). The van der Waals surface area contributed by atoms with Gasteiger partial charge >= 0.3 is 0 Å². The van der Waals surface area contributed by atoms with Crippen molar-refractivity contribution in [2.24, 2.45) is 0 Å². The monoisotopic (exact) mass is 255 g/mol. The van der Waals surface area contributed by atoms with Gasteiger partial charge in [0, 0.05) is 10.6 Å². The summed E-state index contributed by atoms with van der Waals surface area (Å²) in [6.07, 6.45) is 3.14. The zero-order chi connectivity index (χ0) is 12.4. The third-order valence-electron chi connectivity index (χ3n) is 2.78. The second-order valence-corrected chi connectivity index (χ2v) is 4.39. The fraction of sp³-hybridized carbons (Fsp3) is 0. The van der Waals surface area contributed by atoms with Crippen LogP contribution in [-0.2, 0) is 0 Å². The summed E-state index contributed by atoms with van der Waals surface area (Å²) < 4.78 is 5.25. The molecule has 0 saturated heterocycles. The predicted octanol–water partition coefficient (Wildman–Crippen LogP) is 4.66. The Labute approximate surface area is 110 Å². The van der Waals surface area contributed by atoms with E-state index in [4.69, 9.17) is 16.0 Å². The molecule has 0 aliphatic carbocycles. The van der Waals surface area contributed by atoms with Crippen LogP contribution in [0.15, 0.2) is 65.5 Å². The van der Waals surface area contributed by atoms with Crippen molar-refractivity contribution >= 4 is 11.6 Å². The van der Waals surface area contributed by atoms with Gasteiger partial charge in [0.15, 0.2) is 12.2 Å². The highest BCUT2D eigenvalue weighted by Crippen LogP contribution is 2.25. The van der Waals surface area contributed by atoms with E-state index in [0.717, 1.165) is 27.5 Å². The first-order valence-electron chi connectivity index (χ1n) is 5.58. The lowest BCUT2D eigenvalue weighted by Gasteiger charge is -2.03. The fourth-order valence-corrected chi connectivity index (χ4v) is 1.95. The van der Waals surface area contributed by atoms with Crippen LogP contribution in [0.25, 0.3) is 22.5 Å². The van der Waals surface area contributed by atoms with Crippen LogP contribution in [0.3, 0.4) is 0 Å². The van der Waals surface area contributed by atoms with Gasteiger partial charge < -0.3 is 4.42 Å². The second kappa shape index (κ2) is 4.67. The number of benzene rings is 2. The van der Waals surface area contributed by atoms with E-state index < -0.39 is 0 Å². The third-order valence-corrected chi connectivity index (χ3v) is 3.03. The smallest absolute Gasteiger partial charge is 0.181 e. The van der Waals surface area contributed by atoms with Crippen LogP contribution >= 0.6 is 11.6 Å². The van der Waals surface area contributed by atoms with Gasteiger partial charge in [-0.1, -0.05) is 48.0 Å². The first kappa shape index (κ1) is 11.1. The van der Waals surface area contributed by atoms with E-state index >= 15 is 0 Å². The molecule has 0 aliphatic heterocycles. The Hall–Kier alpha value is -2.06. The molecule has 1 heterocycles. The number of aromatic nitrogens is 1. The van der Waals surface area contributed by atoms with Crippen molar-refractivity contribution < 1.29 is 4.42 Å². The second-order valence-electron chi connectivity index (χ2n) is 3.95. The topological polar surface area (TPSA) is 26.0 Å². The molecule has 2 nitrogen and oxygen atoms in total. The molecule has 0 saturated carbocycles. The molecule has 0 bridgehead atoms. The summed E-state index contributed by atoms with van der Waals surface area (Å²) >= 11 is 5.87. The molecule has 0 amide bonds. The van der Waals surface area contributed by atoms with Crippen LogP contribution in [0.5, 0.6) is 0 Å². The number of oxazole rings is 1. The number of hydrogen-bond donors (Lipinski definition) is 0. The lowest BCUT2D eigenvalue weighted by Crippen LogP contribution is -1.78. The van der Waals surface area contributed by atoms with E-state index in [1.807, 2.05) is 36.4 Å². The Morgan fingerprint density at radius 2 is 1.33 bits per heavy atom. The van der Waals surface area contributed by atoms with Crippen LogP contribution in [-0.4, -0.2) is 4.98 Å². The van der Waals surface area contributed by atoms with Gasteiger partial charge in [-0.3, -0.25) is 0 Å². The standard InChI is InChI=1S/C15H10ClNO/c16-14-7-5-12(6-8-14)11-1-3-13(4-2-11)15-9-17-10-18-15/h1-10H. The number of hydrogen-bond acceptors (Lipinski definition) is 2. The van der Waals surface area contributed by atoms with Crippen molar-refractivity contribution in [1.82, 2.24) is 4.98 Å². The van der Waals surface area contributed by atoms with Crippen LogP contribution in [0.2, 0.25) is 5.02 Å². The number of nitrogens with zero attached hydrogens (tertiary/aromatic N) is 1. The molecule has 0 aliphatic rings. The van der Waals surface area contributed by atoms with Crippen molar-refractivity contribution in [2.45, 2.75) is 0 Å². The minimum Gasteiger partial charge on any atom is -0.444 e. The van der Waals surface area contributed by atoms with Crippen LogP contribution in [0.4, 0.5) is 0 Å². The number of rotatable bonds is 2. The lowest BCUT2D eigenvalue weighted by atomic mass is 10.0. The number of halogens is 1. The van der Waals surface area contributed by atoms with E-state index in [9.17, 15) is 0 Å². The molecule has 18 heavy (non-hydrogen) atoms. The van der Waals surface area contributed by atoms with Crippen LogP contribution in [0, 0.1) is 0 Å². The molecule has 0 radical (unpaired) electrons. The average molecular weight is 256 g/mol. The highest BCUT2D eigenvalue weighted by molar-refractivity contribution is 6.30. The summed E-state index contributed by atoms with van der Waals surface area (Å²) in [6.45, 7) is 0. The van der Waals surface area contributed by atoms with Gasteiger partial charge in [0.05, 0.1) is 6.20 Å². The average Bonchev–Trinajstić information content (AvgIpc) is 2.94. The Bertz CT molecular complexity index is 627. The summed E-state index contributed by atoms with van der Waals surface area (Å²) in [6, 6.07) is 15.9. The van der Waals surface area contributed by atoms with Gasteiger partial charge in [-0.25, -0.2) is 4.98 Å². The van der Waals surface area contributed by atoms with E-state index in [2.05, 4.69) is 17.1 Å². The normalized spacial score (nSPS) is 10.5. The van der Waals surface area contributed by atoms with Gasteiger partial charge in [-0.2, -0.15) is 0 Å². The lowest BCUT2D eigenvalue weighted by molar-refractivity contribution is 0.572. The van der Waals surface area contributed by atoms with Crippen molar-refractivity contribution in [3.8, 4) is 22.5 Å². The quantitative estimate of drug-likeness (QED) is 0.665. The Balaban J connectivity index is 1.94. The maximum absolute atomic E-state index is 5.87. The van der Waals surface area contributed by atoms with E-state index in [-0.39, 0.29) is 0 Å². The minimum atomic E-state index is 0.747. The van der Waals surface area contributed by atoms with Gasteiger partial charge in [-0.15, -0.1) is 0 Å². The first-order chi connectivity index (χ1) is 8.83. The van der Waals surface area contributed by atoms with Crippen LogP contribution < -0.4 is 0 Å². The zero-order valence-corrected chi connectivity index (χ0v) is 10.3. The first-order valence-corrected chi connectivity index (χ1v) is 5.95. The molecular weight excluding hydrogens is 246 g/mol. The van der Waals surface area contributed by atoms with Crippen molar-refractivity contribution in [3.05, 3.63) is 66.1 Å². The molecule has 0 atom stereocenters. The Kier molecular flexibility index (Phi) is 2.87. The van der Waals surface area contributed by atoms with Gasteiger partial charge in [0.25, 0.3) is 0 Å². The maximum atomic E-state index is 5.87. The Morgan fingerprint density at radius 3 is 1.89 bits per heavy atom. The molecule has 3 aromatic rings. The molecule has 0 spiro atoms. The molecule has 2 aromatic carbocycles. The highest BCUT2D eigenvalue weighted by Gasteiger charge is 2.02. The van der Waals surface area contributed by atoms with E-state index in [1.165, 1.54) is 6.39 Å².